The second kappa shape index (κ2) is 19.1. The number of benzene rings is 1. The minimum absolute atomic E-state index is 0.0231. The third-order valence-corrected chi connectivity index (χ3v) is 7.14. The van der Waals surface area contributed by atoms with Gasteiger partial charge < -0.3 is 37.6 Å². The Morgan fingerprint density at radius 2 is 1.64 bits per heavy atom. The normalized spacial score (nSPS) is 17.3. The molecule has 0 spiro atoms. The maximum atomic E-state index is 12.9. The summed E-state index contributed by atoms with van der Waals surface area (Å²) in [6, 6.07) is 2.94. The Bertz CT molecular complexity index is 1290. The number of guanidine groups is 1. The van der Waals surface area contributed by atoms with E-state index >= 15 is 0 Å². The third kappa shape index (κ3) is 17.5. The number of non-ortho nitro benzene ring substituents is 1. The van der Waals surface area contributed by atoms with Gasteiger partial charge in [0.15, 0.2) is 5.96 Å². The van der Waals surface area contributed by atoms with Crippen LogP contribution in [0.1, 0.15) is 51.9 Å². The average Bonchev–Trinajstić information content (AvgIpc) is 2.93. The van der Waals surface area contributed by atoms with Gasteiger partial charge in [-0.1, -0.05) is 0 Å². The molecule has 0 saturated heterocycles. The molecule has 18 nitrogen and oxygen atoms in total. The number of carbonyl (C=O) groups is 4. The Morgan fingerprint density at radius 3 is 2.16 bits per heavy atom. The number of nitrogens with one attached hydrogen (secondary N) is 4. The molecule has 0 radical (unpaired) electrons. The second-order valence-corrected chi connectivity index (χ2v) is 12.2. The minimum Gasteiger partial charge on any atom is -0.481 e. The largest absolute Gasteiger partial charge is 0.481 e. The standard InChI is InChI=1S/C24H38N8O8S.C2H4O2/c1-41(39,40)31-20(13-15-4-10-18(33)11-5-15)22(35)28-14-21(34)30-19(3-2-12-27-24(25)26)23(36)29-16-6-8-17(9-7-16)32(37)38;1-2(3)4/h6-9,15,18-20,31,33H,2-5,10-14H2,1H3,(H,28,35)(H,29,36)(H,30,34)(H4,25,26,27);1H3,(H,3,4)/t15?,18?,19-,20+;/m0./s1. The predicted molar refractivity (Wildman–Crippen MR) is 164 cm³/mol. The smallest absolute Gasteiger partial charge is 0.300 e. The summed E-state index contributed by atoms with van der Waals surface area (Å²) in [5.74, 6) is -2.96. The van der Waals surface area contributed by atoms with Gasteiger partial charge in [0.25, 0.3) is 11.7 Å². The van der Waals surface area contributed by atoms with E-state index in [0.29, 0.717) is 32.1 Å². The van der Waals surface area contributed by atoms with Crippen molar-refractivity contribution in [2.24, 2.45) is 22.4 Å². The molecule has 1 aromatic rings. The molecular formula is C26H42N8O10S. The molecule has 3 amide bonds. The third-order valence-electron chi connectivity index (χ3n) is 6.42. The summed E-state index contributed by atoms with van der Waals surface area (Å²) in [4.78, 5) is 61.6. The van der Waals surface area contributed by atoms with Crippen LogP contribution in [0.4, 0.5) is 11.4 Å². The number of aliphatic carboxylic acids is 1. The number of carboxylic acid groups (broad SMARTS) is 1. The predicted octanol–water partition coefficient (Wildman–Crippen LogP) is -0.862. The van der Waals surface area contributed by atoms with Crippen LogP contribution in [0.3, 0.4) is 0 Å². The zero-order chi connectivity index (χ0) is 34.2. The molecule has 0 heterocycles. The highest BCUT2D eigenvalue weighted by molar-refractivity contribution is 7.88. The fourth-order valence-electron chi connectivity index (χ4n) is 4.39. The van der Waals surface area contributed by atoms with Crippen molar-refractivity contribution < 1.29 is 42.7 Å². The first-order valence-electron chi connectivity index (χ1n) is 14.0. The first kappa shape index (κ1) is 38.7. The number of nitrogens with two attached hydrogens (primary N) is 2. The van der Waals surface area contributed by atoms with Crippen LogP contribution < -0.4 is 32.1 Å². The first-order chi connectivity index (χ1) is 21.0. The SMILES string of the molecule is CC(=O)O.CS(=O)(=O)N[C@H](CC1CCC(O)CC1)C(=O)NCC(=O)N[C@@H](CCCN=C(N)N)C(=O)Nc1ccc([N+](=O)[O-])cc1. The molecule has 19 heteroatoms. The number of carbonyl (C=O) groups excluding carboxylic acids is 3. The first-order valence-corrected chi connectivity index (χ1v) is 15.9. The number of nitro benzene ring substituents is 1. The van der Waals surface area contributed by atoms with E-state index in [4.69, 9.17) is 21.4 Å². The van der Waals surface area contributed by atoms with E-state index in [1.54, 1.807) is 0 Å². The molecule has 2 rings (SSSR count). The number of sulfonamides is 1. The highest BCUT2D eigenvalue weighted by Gasteiger charge is 2.29. The van der Waals surface area contributed by atoms with Crippen molar-refractivity contribution in [1.29, 1.82) is 0 Å². The fourth-order valence-corrected chi connectivity index (χ4v) is 5.11. The number of hydrogen-bond donors (Lipinski definition) is 8. The van der Waals surface area contributed by atoms with E-state index in [9.17, 15) is 38.0 Å². The van der Waals surface area contributed by atoms with E-state index in [1.165, 1.54) is 24.3 Å². The van der Waals surface area contributed by atoms with Crippen LogP contribution in [0.15, 0.2) is 29.3 Å². The Labute approximate surface area is 260 Å². The topological polar surface area (TPSA) is 299 Å². The van der Waals surface area contributed by atoms with Crippen molar-refractivity contribution in [1.82, 2.24) is 15.4 Å². The number of nitrogens with zero attached hydrogens (tertiary/aromatic N) is 2. The number of rotatable bonds is 15. The summed E-state index contributed by atoms with van der Waals surface area (Å²) in [5.41, 5.74) is 10.7. The molecule has 2 atom stereocenters. The van der Waals surface area contributed by atoms with Gasteiger partial charge in [-0.05, 0) is 63.0 Å². The summed E-state index contributed by atoms with van der Waals surface area (Å²) in [7, 11) is -3.73. The molecule has 252 valence electrons. The molecule has 45 heavy (non-hydrogen) atoms. The van der Waals surface area contributed by atoms with Crippen LogP contribution in [0.5, 0.6) is 0 Å². The van der Waals surface area contributed by atoms with Crippen molar-refractivity contribution in [3.8, 4) is 0 Å². The van der Waals surface area contributed by atoms with Crippen LogP contribution in [-0.2, 0) is 29.2 Å². The van der Waals surface area contributed by atoms with Crippen LogP contribution in [0, 0.1) is 16.0 Å². The van der Waals surface area contributed by atoms with Gasteiger partial charge in [-0.2, -0.15) is 0 Å². The van der Waals surface area contributed by atoms with Crippen molar-refractivity contribution in [3.63, 3.8) is 0 Å². The molecule has 1 fully saturated rings. The summed E-state index contributed by atoms with van der Waals surface area (Å²) in [6.07, 6.45) is 3.58. The molecule has 0 aromatic heterocycles. The van der Waals surface area contributed by atoms with Gasteiger partial charge in [0.05, 0.1) is 23.8 Å². The van der Waals surface area contributed by atoms with Gasteiger partial charge in [-0.15, -0.1) is 0 Å². The van der Waals surface area contributed by atoms with Gasteiger partial charge in [-0.3, -0.25) is 34.3 Å². The Kier molecular flexibility index (Phi) is 16.4. The Hall–Kier alpha value is -4.36. The van der Waals surface area contributed by atoms with Crippen molar-refractivity contribution in [3.05, 3.63) is 34.4 Å². The summed E-state index contributed by atoms with van der Waals surface area (Å²) in [5, 5.41) is 35.5. The van der Waals surface area contributed by atoms with E-state index in [-0.39, 0.29) is 42.6 Å². The number of aliphatic imine (C=N–C) groups is 1. The molecule has 1 aliphatic carbocycles. The van der Waals surface area contributed by atoms with Crippen LogP contribution in [0.2, 0.25) is 0 Å². The number of hydrogen-bond acceptors (Lipinski definition) is 10. The molecule has 1 aliphatic rings. The van der Waals surface area contributed by atoms with E-state index in [2.05, 4.69) is 25.7 Å². The summed E-state index contributed by atoms with van der Waals surface area (Å²) >= 11 is 0. The minimum atomic E-state index is -3.73. The fraction of sp³-hybridized carbons (Fsp3) is 0.577. The number of carboxylic acids is 1. The van der Waals surface area contributed by atoms with Crippen LogP contribution in [0.25, 0.3) is 0 Å². The van der Waals surface area contributed by atoms with Gasteiger partial charge in [0.2, 0.25) is 27.7 Å². The lowest BCUT2D eigenvalue weighted by Gasteiger charge is -2.28. The van der Waals surface area contributed by atoms with Gasteiger partial charge in [0, 0.05) is 31.3 Å². The molecule has 10 N–H and O–H groups in total. The number of anilines is 1. The number of aliphatic hydroxyl groups excluding tert-OH is 1. The average molecular weight is 659 g/mol. The number of aliphatic hydroxyl groups is 1. The van der Waals surface area contributed by atoms with Gasteiger partial charge in [-0.25, -0.2) is 13.1 Å². The quantitative estimate of drug-likeness (QED) is 0.0375. The molecule has 0 bridgehead atoms. The highest BCUT2D eigenvalue weighted by Crippen LogP contribution is 2.28. The highest BCUT2D eigenvalue weighted by atomic mass is 32.2. The zero-order valence-corrected chi connectivity index (χ0v) is 25.9. The number of nitro groups is 1. The lowest BCUT2D eigenvalue weighted by molar-refractivity contribution is -0.384. The maximum absolute atomic E-state index is 12.9. The van der Waals surface area contributed by atoms with Gasteiger partial charge >= 0.3 is 0 Å². The van der Waals surface area contributed by atoms with E-state index < -0.39 is 63.4 Å². The van der Waals surface area contributed by atoms with Crippen molar-refractivity contribution in [2.75, 3.05) is 24.7 Å². The van der Waals surface area contributed by atoms with Crippen LogP contribution >= 0.6 is 0 Å². The number of amides is 3. The molecular weight excluding hydrogens is 616 g/mol. The lowest BCUT2D eigenvalue weighted by atomic mass is 9.83. The molecule has 1 aromatic carbocycles. The van der Waals surface area contributed by atoms with Crippen molar-refractivity contribution in [2.45, 2.75) is 70.1 Å². The lowest BCUT2D eigenvalue weighted by Crippen LogP contribution is -2.51. The van der Waals surface area contributed by atoms with Crippen molar-refractivity contribution >= 4 is 51.0 Å². The summed E-state index contributed by atoms with van der Waals surface area (Å²) < 4.78 is 26.0. The Balaban J connectivity index is 0.00000238. The molecule has 1 saturated carbocycles. The molecule has 0 aliphatic heterocycles. The maximum Gasteiger partial charge on any atom is 0.300 e. The zero-order valence-electron chi connectivity index (χ0n) is 25.1. The monoisotopic (exact) mass is 658 g/mol. The van der Waals surface area contributed by atoms with E-state index in [1.807, 2.05) is 0 Å². The summed E-state index contributed by atoms with van der Waals surface area (Å²) in [6.45, 7) is 0.743. The Morgan fingerprint density at radius 1 is 1.07 bits per heavy atom. The van der Waals surface area contributed by atoms with Gasteiger partial charge in [0.1, 0.15) is 12.1 Å². The van der Waals surface area contributed by atoms with Crippen LogP contribution in [-0.4, -0.2) is 90.7 Å². The second-order valence-electron chi connectivity index (χ2n) is 10.5. The van der Waals surface area contributed by atoms with E-state index in [0.717, 1.165) is 13.2 Å². The molecule has 0 unspecified atom stereocenters.